The van der Waals surface area contributed by atoms with Gasteiger partial charge in [-0.05, 0) is 31.5 Å². The molecule has 1 aromatic carbocycles. The molecule has 2 atom stereocenters. The predicted molar refractivity (Wildman–Crippen MR) is 90.6 cm³/mol. The quantitative estimate of drug-likeness (QED) is 0.879. The fraction of sp³-hybridized carbons (Fsp3) is 0.556. The number of nitrogens with zero attached hydrogens (tertiary/aromatic N) is 2. The minimum Gasteiger partial charge on any atom is -0.374 e. The molecule has 0 aromatic heterocycles. The highest BCUT2D eigenvalue weighted by molar-refractivity contribution is 5.94. The highest BCUT2D eigenvalue weighted by Crippen LogP contribution is 2.23. The van der Waals surface area contributed by atoms with Crippen LogP contribution in [0.15, 0.2) is 24.3 Å². The molecule has 0 saturated carbocycles. The fourth-order valence-corrected chi connectivity index (χ4v) is 3.70. The number of ether oxygens (including phenoxy) is 1. The minimum atomic E-state index is -0.446. The molecular formula is C18H25N3O3. The number of nitrogens with two attached hydrogens (primary N) is 1. The normalized spacial score (nSPS) is 24.5. The molecule has 0 radical (unpaired) electrons. The first-order valence-corrected chi connectivity index (χ1v) is 8.53. The smallest absolute Gasteiger partial charge is 0.248 e. The number of rotatable bonds is 4. The highest BCUT2D eigenvalue weighted by Gasteiger charge is 2.38. The molecule has 2 aliphatic rings. The number of amides is 2. The Bertz CT molecular complexity index is 619. The molecule has 0 aliphatic carbocycles. The molecule has 6 nitrogen and oxygen atoms in total. The Balaban J connectivity index is 1.65. The molecule has 0 spiro atoms. The summed E-state index contributed by atoms with van der Waals surface area (Å²) in [6, 6.07) is 7.37. The maximum atomic E-state index is 12.7. The van der Waals surface area contributed by atoms with E-state index in [1.54, 1.807) is 12.1 Å². The molecule has 2 saturated heterocycles. The number of morpholine rings is 1. The number of likely N-dealkylation sites (N-methyl/N-ethyl adjacent to an activating group) is 1. The van der Waals surface area contributed by atoms with E-state index in [2.05, 4.69) is 11.9 Å². The summed E-state index contributed by atoms with van der Waals surface area (Å²) >= 11 is 0. The topological polar surface area (TPSA) is 75.9 Å². The lowest BCUT2D eigenvalue weighted by Gasteiger charge is -2.46. The van der Waals surface area contributed by atoms with Crippen LogP contribution in [-0.4, -0.2) is 67.0 Å². The van der Waals surface area contributed by atoms with Crippen molar-refractivity contribution in [1.82, 2.24) is 9.80 Å². The summed E-state index contributed by atoms with van der Waals surface area (Å²) in [7, 11) is 2.08. The van der Waals surface area contributed by atoms with Crippen molar-refractivity contribution in [3.8, 4) is 0 Å². The number of fused-ring (bicyclic) bond motifs is 1. The first-order valence-electron chi connectivity index (χ1n) is 8.53. The van der Waals surface area contributed by atoms with Crippen molar-refractivity contribution in [2.45, 2.75) is 31.4 Å². The van der Waals surface area contributed by atoms with E-state index in [1.165, 1.54) is 0 Å². The first-order chi connectivity index (χ1) is 11.6. The Labute approximate surface area is 142 Å². The second-order valence-electron chi connectivity index (χ2n) is 6.64. The summed E-state index contributed by atoms with van der Waals surface area (Å²) in [6.45, 7) is 3.11. The molecule has 3 rings (SSSR count). The lowest BCUT2D eigenvalue weighted by atomic mass is 9.97. The minimum absolute atomic E-state index is 0.128. The van der Waals surface area contributed by atoms with Gasteiger partial charge in [0.1, 0.15) is 0 Å². The molecule has 0 unspecified atom stereocenters. The van der Waals surface area contributed by atoms with Crippen LogP contribution in [0.2, 0.25) is 0 Å². The van der Waals surface area contributed by atoms with Crippen molar-refractivity contribution in [2.75, 3.05) is 33.3 Å². The van der Waals surface area contributed by atoms with Gasteiger partial charge < -0.3 is 20.3 Å². The summed E-state index contributed by atoms with van der Waals surface area (Å²) in [6.07, 6.45) is 2.03. The number of carbonyl (C=O) groups is 2. The molecule has 1 aromatic rings. The Morgan fingerprint density at radius 2 is 2.08 bits per heavy atom. The van der Waals surface area contributed by atoms with Crippen LogP contribution in [-0.2, 0) is 16.0 Å². The van der Waals surface area contributed by atoms with E-state index in [0.717, 1.165) is 25.1 Å². The van der Waals surface area contributed by atoms with Crippen LogP contribution in [0.3, 0.4) is 0 Å². The SMILES string of the molecule is CN1CC[C@@H]2OCCN(C(=O)CCc3ccccc3C(N)=O)[C@H]2C1. The zero-order valence-corrected chi connectivity index (χ0v) is 14.1. The molecule has 130 valence electrons. The van der Waals surface area contributed by atoms with E-state index in [1.807, 2.05) is 17.0 Å². The third-order valence-corrected chi connectivity index (χ3v) is 5.00. The summed E-state index contributed by atoms with van der Waals surface area (Å²) in [5.41, 5.74) is 6.75. The van der Waals surface area contributed by atoms with Gasteiger partial charge in [-0.3, -0.25) is 9.59 Å². The summed E-state index contributed by atoms with van der Waals surface area (Å²) in [4.78, 5) is 28.5. The lowest BCUT2D eigenvalue weighted by molar-refractivity contribution is -0.151. The van der Waals surface area contributed by atoms with E-state index >= 15 is 0 Å². The van der Waals surface area contributed by atoms with Crippen LogP contribution < -0.4 is 5.73 Å². The number of hydrogen-bond acceptors (Lipinski definition) is 4. The van der Waals surface area contributed by atoms with Gasteiger partial charge in [-0.15, -0.1) is 0 Å². The van der Waals surface area contributed by atoms with Gasteiger partial charge >= 0.3 is 0 Å². The molecule has 0 bridgehead atoms. The van der Waals surface area contributed by atoms with Crippen molar-refractivity contribution >= 4 is 11.8 Å². The number of primary amides is 1. The van der Waals surface area contributed by atoms with Crippen molar-refractivity contribution < 1.29 is 14.3 Å². The monoisotopic (exact) mass is 331 g/mol. The highest BCUT2D eigenvalue weighted by atomic mass is 16.5. The number of piperidine rings is 1. The fourth-order valence-electron chi connectivity index (χ4n) is 3.70. The van der Waals surface area contributed by atoms with Crippen LogP contribution in [0.5, 0.6) is 0 Å². The molecule has 2 amide bonds. The predicted octanol–water partition coefficient (Wildman–Crippen LogP) is 0.650. The Kier molecular flexibility index (Phi) is 5.16. The lowest BCUT2D eigenvalue weighted by Crippen LogP contribution is -2.60. The number of benzene rings is 1. The van der Waals surface area contributed by atoms with Crippen LogP contribution >= 0.6 is 0 Å². The molecular weight excluding hydrogens is 306 g/mol. The average Bonchev–Trinajstić information content (AvgIpc) is 2.59. The molecule has 2 N–H and O–H groups in total. The average molecular weight is 331 g/mol. The van der Waals surface area contributed by atoms with Crippen LogP contribution in [0, 0.1) is 0 Å². The second kappa shape index (κ2) is 7.32. The molecule has 2 fully saturated rings. The van der Waals surface area contributed by atoms with Crippen molar-refractivity contribution in [3.63, 3.8) is 0 Å². The zero-order valence-electron chi connectivity index (χ0n) is 14.1. The van der Waals surface area contributed by atoms with E-state index in [4.69, 9.17) is 10.5 Å². The number of aryl methyl sites for hydroxylation is 1. The maximum Gasteiger partial charge on any atom is 0.248 e. The standard InChI is InChI=1S/C18H25N3O3/c1-20-9-8-16-15(12-20)21(10-11-24-16)17(22)7-6-13-4-2-3-5-14(13)18(19)23/h2-5,15-16H,6-12H2,1H3,(H2,19,23)/t15-,16-/m0/s1. The summed E-state index contributed by atoms with van der Waals surface area (Å²) < 4.78 is 5.84. The van der Waals surface area contributed by atoms with Gasteiger partial charge in [-0.1, -0.05) is 18.2 Å². The Hall–Kier alpha value is -1.92. The van der Waals surface area contributed by atoms with Gasteiger partial charge in [0.15, 0.2) is 0 Å². The van der Waals surface area contributed by atoms with E-state index in [0.29, 0.717) is 31.6 Å². The maximum absolute atomic E-state index is 12.7. The molecule has 2 aliphatic heterocycles. The van der Waals surface area contributed by atoms with Crippen molar-refractivity contribution in [2.24, 2.45) is 5.73 Å². The first kappa shape index (κ1) is 16.9. The summed E-state index contributed by atoms with van der Waals surface area (Å²) in [5, 5.41) is 0. The Morgan fingerprint density at radius 3 is 2.88 bits per heavy atom. The molecule has 2 heterocycles. The number of likely N-dealkylation sites (tertiary alicyclic amines) is 1. The number of hydrogen-bond donors (Lipinski definition) is 1. The van der Waals surface area contributed by atoms with E-state index in [9.17, 15) is 9.59 Å². The number of carbonyl (C=O) groups excluding carboxylic acids is 2. The van der Waals surface area contributed by atoms with Gasteiger partial charge in [0.25, 0.3) is 0 Å². The molecule has 6 heteroatoms. The third-order valence-electron chi connectivity index (χ3n) is 5.00. The van der Waals surface area contributed by atoms with Crippen LogP contribution in [0.1, 0.15) is 28.8 Å². The zero-order chi connectivity index (χ0) is 17.1. The van der Waals surface area contributed by atoms with Crippen LogP contribution in [0.4, 0.5) is 0 Å². The second-order valence-corrected chi connectivity index (χ2v) is 6.64. The third kappa shape index (κ3) is 3.60. The van der Waals surface area contributed by atoms with E-state index < -0.39 is 5.91 Å². The molecule has 24 heavy (non-hydrogen) atoms. The summed E-state index contributed by atoms with van der Waals surface area (Å²) in [5.74, 6) is -0.318. The van der Waals surface area contributed by atoms with Gasteiger partial charge in [-0.25, -0.2) is 0 Å². The van der Waals surface area contributed by atoms with Gasteiger partial charge in [0.05, 0.1) is 18.8 Å². The largest absolute Gasteiger partial charge is 0.374 e. The van der Waals surface area contributed by atoms with Crippen molar-refractivity contribution in [3.05, 3.63) is 35.4 Å². The van der Waals surface area contributed by atoms with Crippen molar-refractivity contribution in [1.29, 1.82) is 0 Å². The Morgan fingerprint density at radius 1 is 1.29 bits per heavy atom. The van der Waals surface area contributed by atoms with Gasteiger partial charge in [-0.2, -0.15) is 0 Å². The van der Waals surface area contributed by atoms with E-state index in [-0.39, 0.29) is 18.1 Å². The van der Waals surface area contributed by atoms with Gasteiger partial charge in [0, 0.05) is 31.6 Å². The van der Waals surface area contributed by atoms with Gasteiger partial charge in [0.2, 0.25) is 11.8 Å². The van der Waals surface area contributed by atoms with Crippen LogP contribution in [0.25, 0.3) is 0 Å².